The van der Waals surface area contributed by atoms with Crippen molar-refractivity contribution in [1.82, 2.24) is 24.6 Å². The smallest absolute Gasteiger partial charge is 0.254 e. The molecule has 21 heavy (non-hydrogen) atoms. The van der Waals surface area contributed by atoms with E-state index in [9.17, 15) is 0 Å². The summed E-state index contributed by atoms with van der Waals surface area (Å²) >= 11 is 6.03. The van der Waals surface area contributed by atoms with Crippen molar-refractivity contribution in [1.29, 1.82) is 0 Å². The van der Waals surface area contributed by atoms with E-state index < -0.39 is 0 Å². The second-order valence-corrected chi connectivity index (χ2v) is 4.87. The van der Waals surface area contributed by atoms with Crippen molar-refractivity contribution >= 4 is 28.9 Å². The van der Waals surface area contributed by atoms with Gasteiger partial charge in [0.15, 0.2) is 0 Å². The second-order valence-electron chi connectivity index (χ2n) is 4.46. The van der Waals surface area contributed by atoms with Crippen molar-refractivity contribution in [2.45, 2.75) is 6.92 Å². The molecule has 0 saturated heterocycles. The maximum absolute atomic E-state index is 6.03. The lowest BCUT2D eigenvalue weighted by Gasteiger charge is -2.10. The van der Waals surface area contributed by atoms with Crippen LogP contribution in [0.15, 0.2) is 30.9 Å². The Morgan fingerprint density at radius 3 is 3.00 bits per heavy atom. The number of nitrogens with one attached hydrogen (secondary N) is 2. The van der Waals surface area contributed by atoms with Crippen LogP contribution in [0.25, 0.3) is 5.78 Å². The van der Waals surface area contributed by atoms with Crippen LogP contribution in [0.1, 0.15) is 5.69 Å². The van der Waals surface area contributed by atoms with Gasteiger partial charge in [0, 0.05) is 37.2 Å². The standard InChI is InChI=1S/C13H14ClN7/c1-9-6-12(21-13(20-9)18-8-19-21)17-5-4-16-11-2-3-15-7-10(11)14/h2-3,6-8,17H,4-5H2,1H3,(H,15,16). The Hall–Kier alpha value is -2.41. The Bertz CT molecular complexity index is 755. The van der Waals surface area contributed by atoms with Crippen molar-refractivity contribution in [2.75, 3.05) is 23.7 Å². The molecule has 0 aliphatic carbocycles. The number of anilines is 2. The summed E-state index contributed by atoms with van der Waals surface area (Å²) in [7, 11) is 0. The normalized spacial score (nSPS) is 10.8. The fourth-order valence-corrected chi connectivity index (χ4v) is 2.15. The van der Waals surface area contributed by atoms with Crippen LogP contribution in [0.4, 0.5) is 11.5 Å². The number of pyridine rings is 1. The quantitative estimate of drug-likeness (QED) is 0.702. The van der Waals surface area contributed by atoms with Crippen molar-refractivity contribution in [2.24, 2.45) is 0 Å². The molecule has 0 unspecified atom stereocenters. The van der Waals surface area contributed by atoms with E-state index in [-0.39, 0.29) is 0 Å². The Morgan fingerprint density at radius 2 is 2.14 bits per heavy atom. The first-order valence-electron chi connectivity index (χ1n) is 6.48. The van der Waals surface area contributed by atoms with Crippen LogP contribution >= 0.6 is 11.6 Å². The summed E-state index contributed by atoms with van der Waals surface area (Å²) in [5, 5.41) is 11.3. The first-order chi connectivity index (χ1) is 10.2. The molecule has 0 fully saturated rings. The number of rotatable bonds is 5. The van der Waals surface area contributed by atoms with Gasteiger partial charge < -0.3 is 10.6 Å². The minimum absolute atomic E-state index is 0.586. The Balaban J connectivity index is 1.62. The van der Waals surface area contributed by atoms with Gasteiger partial charge in [-0.15, -0.1) is 0 Å². The molecule has 3 heterocycles. The third-order valence-corrected chi connectivity index (χ3v) is 3.20. The molecule has 7 nitrogen and oxygen atoms in total. The summed E-state index contributed by atoms with van der Waals surface area (Å²) in [4.78, 5) is 12.3. The van der Waals surface area contributed by atoms with Gasteiger partial charge in [-0.3, -0.25) is 4.98 Å². The molecule has 0 atom stereocenters. The molecule has 0 radical (unpaired) electrons. The number of fused-ring (bicyclic) bond motifs is 1. The molecule has 0 amide bonds. The average Bonchev–Trinajstić information content (AvgIpc) is 2.93. The predicted octanol–water partition coefficient (Wildman–Crippen LogP) is 2.01. The highest BCUT2D eigenvalue weighted by Gasteiger charge is 2.04. The summed E-state index contributed by atoms with van der Waals surface area (Å²) in [5.74, 6) is 1.44. The third kappa shape index (κ3) is 3.03. The van der Waals surface area contributed by atoms with Crippen LogP contribution in [0.3, 0.4) is 0 Å². The van der Waals surface area contributed by atoms with E-state index in [1.807, 2.05) is 19.1 Å². The number of aromatic nitrogens is 5. The Morgan fingerprint density at radius 1 is 1.29 bits per heavy atom. The molecule has 3 aromatic rings. The zero-order valence-corrected chi connectivity index (χ0v) is 12.2. The van der Waals surface area contributed by atoms with Crippen molar-refractivity contribution in [3.05, 3.63) is 41.6 Å². The summed E-state index contributed by atoms with van der Waals surface area (Å²) < 4.78 is 1.67. The van der Waals surface area contributed by atoms with E-state index in [2.05, 4.69) is 30.7 Å². The number of hydrogen-bond acceptors (Lipinski definition) is 6. The van der Waals surface area contributed by atoms with Crippen molar-refractivity contribution < 1.29 is 0 Å². The van der Waals surface area contributed by atoms with E-state index >= 15 is 0 Å². The van der Waals surface area contributed by atoms with Gasteiger partial charge in [-0.1, -0.05) is 11.6 Å². The summed E-state index contributed by atoms with van der Waals surface area (Å²) in [5.41, 5.74) is 1.76. The van der Waals surface area contributed by atoms with Gasteiger partial charge in [0.1, 0.15) is 12.1 Å². The zero-order chi connectivity index (χ0) is 14.7. The van der Waals surface area contributed by atoms with Gasteiger partial charge in [-0.2, -0.15) is 14.6 Å². The molecule has 0 bridgehead atoms. The molecule has 108 valence electrons. The van der Waals surface area contributed by atoms with Gasteiger partial charge in [0.2, 0.25) is 0 Å². The lowest BCUT2D eigenvalue weighted by Crippen LogP contribution is -2.16. The minimum Gasteiger partial charge on any atom is -0.382 e. The molecule has 0 aliphatic heterocycles. The molecule has 0 aromatic carbocycles. The molecule has 0 spiro atoms. The molecular formula is C13H14ClN7. The van der Waals surface area contributed by atoms with Crippen molar-refractivity contribution in [3.63, 3.8) is 0 Å². The van der Waals surface area contributed by atoms with E-state index in [1.54, 1.807) is 16.9 Å². The molecular weight excluding hydrogens is 290 g/mol. The van der Waals surface area contributed by atoms with Gasteiger partial charge >= 0.3 is 0 Å². The molecule has 0 aliphatic rings. The molecule has 3 rings (SSSR count). The highest BCUT2D eigenvalue weighted by molar-refractivity contribution is 6.33. The molecule has 8 heteroatoms. The van der Waals surface area contributed by atoms with Gasteiger partial charge in [0.25, 0.3) is 5.78 Å². The topological polar surface area (TPSA) is 80.0 Å². The van der Waals surface area contributed by atoms with E-state index in [0.717, 1.165) is 17.2 Å². The maximum atomic E-state index is 6.03. The highest BCUT2D eigenvalue weighted by atomic mass is 35.5. The monoisotopic (exact) mass is 303 g/mol. The van der Waals surface area contributed by atoms with Crippen LogP contribution < -0.4 is 10.6 Å². The fourth-order valence-electron chi connectivity index (χ4n) is 1.96. The van der Waals surface area contributed by atoms with Gasteiger partial charge in [0.05, 0.1) is 10.7 Å². The predicted molar refractivity (Wildman–Crippen MR) is 81.7 cm³/mol. The maximum Gasteiger partial charge on any atom is 0.254 e. The van der Waals surface area contributed by atoms with Crippen LogP contribution in [0.2, 0.25) is 5.02 Å². The Labute approximate surface area is 126 Å². The SMILES string of the molecule is Cc1cc(NCCNc2ccncc2Cl)n2ncnc2n1. The van der Waals surface area contributed by atoms with Crippen LogP contribution in [-0.2, 0) is 0 Å². The summed E-state index contributed by atoms with van der Waals surface area (Å²) in [6, 6.07) is 3.77. The van der Waals surface area contributed by atoms with Crippen LogP contribution in [0.5, 0.6) is 0 Å². The molecule has 3 aromatic heterocycles. The zero-order valence-electron chi connectivity index (χ0n) is 11.4. The first-order valence-corrected chi connectivity index (χ1v) is 6.86. The van der Waals surface area contributed by atoms with Gasteiger partial charge in [-0.05, 0) is 13.0 Å². The van der Waals surface area contributed by atoms with Crippen LogP contribution in [-0.4, -0.2) is 37.7 Å². The molecule has 2 N–H and O–H groups in total. The lowest BCUT2D eigenvalue weighted by atomic mass is 10.4. The highest BCUT2D eigenvalue weighted by Crippen LogP contribution is 2.18. The summed E-state index contributed by atoms with van der Waals surface area (Å²) in [6.07, 6.45) is 4.80. The fraction of sp³-hybridized carbons (Fsp3) is 0.231. The Kier molecular flexibility index (Phi) is 3.83. The molecule has 0 saturated carbocycles. The largest absolute Gasteiger partial charge is 0.382 e. The van der Waals surface area contributed by atoms with Crippen molar-refractivity contribution in [3.8, 4) is 0 Å². The van der Waals surface area contributed by atoms with Gasteiger partial charge in [-0.25, -0.2) is 4.98 Å². The van der Waals surface area contributed by atoms with E-state index in [0.29, 0.717) is 23.9 Å². The number of aryl methyl sites for hydroxylation is 1. The number of hydrogen-bond donors (Lipinski definition) is 2. The summed E-state index contributed by atoms with van der Waals surface area (Å²) in [6.45, 7) is 3.34. The second kappa shape index (κ2) is 5.92. The van der Waals surface area contributed by atoms with E-state index in [1.165, 1.54) is 6.33 Å². The van der Waals surface area contributed by atoms with Crippen LogP contribution in [0, 0.1) is 6.92 Å². The first kappa shape index (κ1) is 13.6. The third-order valence-electron chi connectivity index (χ3n) is 2.90. The number of halogens is 1. The van der Waals surface area contributed by atoms with E-state index in [4.69, 9.17) is 11.6 Å². The number of nitrogens with zero attached hydrogens (tertiary/aromatic N) is 5. The minimum atomic E-state index is 0.586. The average molecular weight is 304 g/mol. The lowest BCUT2D eigenvalue weighted by molar-refractivity contribution is 0.915.